The van der Waals surface area contributed by atoms with Crippen LogP contribution in [0.15, 0.2) is 30.3 Å². The summed E-state index contributed by atoms with van der Waals surface area (Å²) in [7, 11) is 1.82. The second-order valence-electron chi connectivity index (χ2n) is 5.31. The highest BCUT2D eigenvalue weighted by atomic mass is 16.4. The van der Waals surface area contributed by atoms with E-state index in [2.05, 4.69) is 0 Å². The van der Waals surface area contributed by atoms with Gasteiger partial charge in [-0.25, -0.2) is 0 Å². The number of benzene rings is 1. The molecular formula is C14H21NO3. The van der Waals surface area contributed by atoms with Crippen LogP contribution in [-0.2, 0) is 4.79 Å². The molecule has 0 saturated carbocycles. The fourth-order valence-corrected chi connectivity index (χ4v) is 2.05. The number of nitrogens with zero attached hydrogens (tertiary/aromatic N) is 1. The Kier molecular flexibility index (Phi) is 4.87. The summed E-state index contributed by atoms with van der Waals surface area (Å²) in [5.41, 5.74) is -0.0401. The van der Waals surface area contributed by atoms with E-state index in [0.717, 1.165) is 5.56 Å². The van der Waals surface area contributed by atoms with Crippen molar-refractivity contribution in [3.8, 4) is 0 Å². The van der Waals surface area contributed by atoms with Gasteiger partial charge in [0, 0.05) is 13.1 Å². The van der Waals surface area contributed by atoms with Crippen molar-refractivity contribution in [1.29, 1.82) is 0 Å². The molecule has 0 heterocycles. The predicted molar refractivity (Wildman–Crippen MR) is 70.6 cm³/mol. The molecule has 4 heteroatoms. The Morgan fingerprint density at radius 3 is 2.33 bits per heavy atom. The third kappa shape index (κ3) is 4.85. The molecule has 0 bridgehead atoms. The Labute approximate surface area is 108 Å². The number of carbonyl (C=O) groups is 1. The standard InChI is InChI=1S/C14H21NO3/c1-14(2,18)10-15(3)9-12(13(16)17)11-7-5-4-6-8-11/h4-8,12,18H,9-10H2,1-3H3,(H,16,17). The van der Waals surface area contributed by atoms with Crippen LogP contribution in [0.5, 0.6) is 0 Å². The number of rotatable bonds is 6. The molecule has 0 aliphatic rings. The number of likely N-dealkylation sites (N-methyl/N-ethyl adjacent to an activating group) is 1. The molecule has 100 valence electrons. The molecule has 0 radical (unpaired) electrons. The zero-order valence-corrected chi connectivity index (χ0v) is 11.1. The zero-order valence-electron chi connectivity index (χ0n) is 11.1. The number of carboxylic acid groups (broad SMARTS) is 1. The third-order valence-corrected chi connectivity index (χ3v) is 2.65. The van der Waals surface area contributed by atoms with Gasteiger partial charge in [0.2, 0.25) is 0 Å². The molecule has 0 amide bonds. The van der Waals surface area contributed by atoms with Gasteiger partial charge in [-0.2, -0.15) is 0 Å². The highest BCUT2D eigenvalue weighted by Crippen LogP contribution is 2.17. The Morgan fingerprint density at radius 1 is 1.33 bits per heavy atom. The summed E-state index contributed by atoms with van der Waals surface area (Å²) in [5.74, 6) is -1.41. The number of hydrogen-bond acceptors (Lipinski definition) is 3. The lowest BCUT2D eigenvalue weighted by Crippen LogP contribution is -2.39. The zero-order chi connectivity index (χ0) is 13.8. The molecule has 1 rings (SSSR count). The van der Waals surface area contributed by atoms with Crippen LogP contribution in [0.3, 0.4) is 0 Å². The van der Waals surface area contributed by atoms with Crippen molar-refractivity contribution in [2.45, 2.75) is 25.4 Å². The smallest absolute Gasteiger partial charge is 0.312 e. The van der Waals surface area contributed by atoms with Crippen LogP contribution < -0.4 is 0 Å². The average molecular weight is 251 g/mol. The SMILES string of the molecule is CN(CC(C(=O)O)c1ccccc1)CC(C)(C)O. The minimum Gasteiger partial charge on any atom is -0.481 e. The Hall–Kier alpha value is -1.39. The van der Waals surface area contributed by atoms with E-state index in [1.807, 2.05) is 42.3 Å². The molecule has 0 aliphatic heterocycles. The molecule has 18 heavy (non-hydrogen) atoms. The minimum absolute atomic E-state index is 0.378. The number of hydrogen-bond donors (Lipinski definition) is 2. The molecule has 1 unspecified atom stereocenters. The van der Waals surface area contributed by atoms with Crippen molar-refractivity contribution >= 4 is 5.97 Å². The topological polar surface area (TPSA) is 60.8 Å². The van der Waals surface area contributed by atoms with Gasteiger partial charge < -0.3 is 15.1 Å². The Balaban J connectivity index is 2.74. The van der Waals surface area contributed by atoms with Gasteiger partial charge in [-0.15, -0.1) is 0 Å². The molecule has 4 nitrogen and oxygen atoms in total. The van der Waals surface area contributed by atoms with Gasteiger partial charge in [-0.3, -0.25) is 4.79 Å². The van der Waals surface area contributed by atoms with Crippen molar-refractivity contribution in [2.75, 3.05) is 20.1 Å². The molecular weight excluding hydrogens is 230 g/mol. The summed E-state index contributed by atoms with van der Waals surface area (Å²) in [5, 5.41) is 19.0. The number of carboxylic acids is 1. The molecule has 1 aromatic carbocycles. The maximum atomic E-state index is 11.3. The van der Waals surface area contributed by atoms with Crippen LogP contribution in [0.2, 0.25) is 0 Å². The van der Waals surface area contributed by atoms with Gasteiger partial charge >= 0.3 is 5.97 Å². The normalized spacial score (nSPS) is 13.6. The van der Waals surface area contributed by atoms with Gasteiger partial charge in [-0.1, -0.05) is 30.3 Å². The molecule has 2 N–H and O–H groups in total. The molecule has 0 saturated heterocycles. The summed E-state index contributed by atoms with van der Waals surface area (Å²) in [6.07, 6.45) is 0. The van der Waals surface area contributed by atoms with Crippen LogP contribution >= 0.6 is 0 Å². The third-order valence-electron chi connectivity index (χ3n) is 2.65. The first-order valence-electron chi connectivity index (χ1n) is 5.98. The van der Waals surface area contributed by atoms with Crippen LogP contribution in [0.25, 0.3) is 0 Å². The van der Waals surface area contributed by atoms with Crippen molar-refractivity contribution < 1.29 is 15.0 Å². The van der Waals surface area contributed by atoms with Gasteiger partial charge in [0.05, 0.1) is 11.5 Å². The van der Waals surface area contributed by atoms with Crippen molar-refractivity contribution in [1.82, 2.24) is 4.90 Å². The molecule has 0 aromatic heterocycles. The molecule has 0 spiro atoms. The summed E-state index contributed by atoms with van der Waals surface area (Å²) >= 11 is 0. The van der Waals surface area contributed by atoms with E-state index in [4.69, 9.17) is 0 Å². The Morgan fingerprint density at radius 2 is 1.89 bits per heavy atom. The van der Waals surface area contributed by atoms with E-state index < -0.39 is 17.5 Å². The van der Waals surface area contributed by atoms with Gasteiger partial charge in [0.25, 0.3) is 0 Å². The molecule has 1 atom stereocenters. The quantitative estimate of drug-likeness (QED) is 0.805. The fraction of sp³-hybridized carbons (Fsp3) is 0.500. The largest absolute Gasteiger partial charge is 0.481 e. The number of aliphatic hydroxyl groups is 1. The minimum atomic E-state index is -0.844. The van der Waals surface area contributed by atoms with Crippen LogP contribution in [-0.4, -0.2) is 46.8 Å². The van der Waals surface area contributed by atoms with Crippen molar-refractivity contribution in [2.24, 2.45) is 0 Å². The van der Waals surface area contributed by atoms with Crippen LogP contribution in [0, 0.1) is 0 Å². The van der Waals surface area contributed by atoms with E-state index >= 15 is 0 Å². The first kappa shape index (κ1) is 14.7. The average Bonchev–Trinajstić information content (AvgIpc) is 2.24. The lowest BCUT2D eigenvalue weighted by molar-refractivity contribution is -0.139. The van der Waals surface area contributed by atoms with E-state index in [0.29, 0.717) is 13.1 Å². The second-order valence-corrected chi connectivity index (χ2v) is 5.31. The van der Waals surface area contributed by atoms with Crippen molar-refractivity contribution in [3.63, 3.8) is 0 Å². The number of aliphatic carboxylic acids is 1. The van der Waals surface area contributed by atoms with Gasteiger partial charge in [0.1, 0.15) is 0 Å². The maximum Gasteiger partial charge on any atom is 0.312 e. The first-order valence-corrected chi connectivity index (χ1v) is 5.98. The summed E-state index contributed by atoms with van der Waals surface area (Å²) < 4.78 is 0. The van der Waals surface area contributed by atoms with E-state index in [1.54, 1.807) is 13.8 Å². The summed E-state index contributed by atoms with van der Waals surface area (Å²) in [4.78, 5) is 13.2. The van der Waals surface area contributed by atoms with Crippen LogP contribution in [0.1, 0.15) is 25.3 Å². The van der Waals surface area contributed by atoms with Gasteiger partial charge in [0.15, 0.2) is 0 Å². The lowest BCUT2D eigenvalue weighted by Gasteiger charge is -2.27. The second kappa shape index (κ2) is 5.98. The summed E-state index contributed by atoms with van der Waals surface area (Å²) in [6.45, 7) is 4.23. The fourth-order valence-electron chi connectivity index (χ4n) is 2.05. The maximum absolute atomic E-state index is 11.3. The van der Waals surface area contributed by atoms with Gasteiger partial charge in [-0.05, 0) is 26.5 Å². The highest BCUT2D eigenvalue weighted by molar-refractivity contribution is 5.76. The van der Waals surface area contributed by atoms with E-state index in [9.17, 15) is 15.0 Å². The van der Waals surface area contributed by atoms with Crippen LogP contribution in [0.4, 0.5) is 0 Å². The van der Waals surface area contributed by atoms with E-state index in [-0.39, 0.29) is 0 Å². The summed E-state index contributed by atoms with van der Waals surface area (Å²) in [6, 6.07) is 9.17. The Bertz CT molecular complexity index is 384. The monoisotopic (exact) mass is 251 g/mol. The first-order chi connectivity index (χ1) is 8.29. The highest BCUT2D eigenvalue weighted by Gasteiger charge is 2.24. The molecule has 0 aliphatic carbocycles. The lowest BCUT2D eigenvalue weighted by atomic mass is 9.98. The molecule has 0 fully saturated rings. The van der Waals surface area contributed by atoms with E-state index in [1.165, 1.54) is 0 Å². The van der Waals surface area contributed by atoms with Crippen molar-refractivity contribution in [3.05, 3.63) is 35.9 Å². The molecule has 1 aromatic rings. The predicted octanol–water partition coefficient (Wildman–Crippen LogP) is 1.56.